The van der Waals surface area contributed by atoms with Crippen LogP contribution < -0.4 is 10.6 Å². The van der Waals surface area contributed by atoms with Gasteiger partial charge in [-0.15, -0.1) is 0 Å². The summed E-state index contributed by atoms with van der Waals surface area (Å²) < 4.78 is 13.0. The van der Waals surface area contributed by atoms with E-state index in [0.29, 0.717) is 12.5 Å². The molecule has 16 heavy (non-hydrogen) atoms. The topological polar surface area (TPSA) is 49.5 Å². The second-order valence-electron chi connectivity index (χ2n) is 4.26. The highest BCUT2D eigenvalue weighted by atomic mass is 19.1. The minimum absolute atomic E-state index is 0.218. The van der Waals surface area contributed by atoms with Crippen molar-refractivity contribution in [1.29, 1.82) is 0 Å². The number of anilines is 1. The predicted octanol–water partition coefficient (Wildman–Crippen LogP) is 1.10. The zero-order chi connectivity index (χ0) is 11.5. The third-order valence-corrected chi connectivity index (χ3v) is 3.15. The third-order valence-electron chi connectivity index (χ3n) is 3.15. The number of aliphatic hydroxyl groups excluding tert-OH is 1. The van der Waals surface area contributed by atoms with Gasteiger partial charge < -0.3 is 15.7 Å². The minimum atomic E-state index is -0.248. The van der Waals surface area contributed by atoms with Gasteiger partial charge in [0.15, 0.2) is 0 Å². The Balaban J connectivity index is 2.20. The first-order chi connectivity index (χ1) is 7.74. The second-order valence-corrected chi connectivity index (χ2v) is 4.26. The van der Waals surface area contributed by atoms with Crippen molar-refractivity contribution in [3.63, 3.8) is 0 Å². The highest BCUT2D eigenvalue weighted by Gasteiger charge is 2.23. The van der Waals surface area contributed by atoms with Crippen molar-refractivity contribution in [2.45, 2.75) is 13.0 Å². The number of aliphatic hydroxyl groups is 1. The Morgan fingerprint density at radius 3 is 2.94 bits per heavy atom. The van der Waals surface area contributed by atoms with Crippen LogP contribution in [0.4, 0.5) is 10.1 Å². The molecule has 1 saturated heterocycles. The zero-order valence-electron chi connectivity index (χ0n) is 9.19. The van der Waals surface area contributed by atoms with E-state index in [4.69, 9.17) is 10.8 Å². The average Bonchev–Trinajstić information content (AvgIpc) is 2.77. The van der Waals surface area contributed by atoms with Crippen LogP contribution in [0.1, 0.15) is 12.0 Å². The van der Waals surface area contributed by atoms with Crippen LogP contribution in [0.2, 0.25) is 0 Å². The SMILES string of the molecule is NCc1cc(F)ccc1N1CCC(CO)C1. The average molecular weight is 224 g/mol. The van der Waals surface area contributed by atoms with Crippen molar-refractivity contribution in [3.05, 3.63) is 29.6 Å². The Labute approximate surface area is 94.7 Å². The highest BCUT2D eigenvalue weighted by molar-refractivity contribution is 5.54. The van der Waals surface area contributed by atoms with Crippen molar-refractivity contribution >= 4 is 5.69 Å². The molecule has 88 valence electrons. The molecular formula is C12H17FN2O. The molecule has 0 saturated carbocycles. The molecule has 1 aromatic carbocycles. The molecule has 0 aromatic heterocycles. The number of hydrogen-bond acceptors (Lipinski definition) is 3. The number of nitrogens with two attached hydrogens (primary N) is 1. The van der Waals surface area contributed by atoms with Crippen molar-refractivity contribution in [2.24, 2.45) is 11.7 Å². The van der Waals surface area contributed by atoms with Gasteiger partial charge >= 0.3 is 0 Å². The smallest absolute Gasteiger partial charge is 0.123 e. The van der Waals surface area contributed by atoms with Crippen LogP contribution in [0, 0.1) is 11.7 Å². The first-order valence-corrected chi connectivity index (χ1v) is 5.59. The Morgan fingerprint density at radius 1 is 1.50 bits per heavy atom. The Morgan fingerprint density at radius 2 is 2.31 bits per heavy atom. The molecule has 1 aliphatic rings. The van der Waals surface area contributed by atoms with E-state index < -0.39 is 0 Å². The van der Waals surface area contributed by atoms with E-state index in [1.54, 1.807) is 6.07 Å². The van der Waals surface area contributed by atoms with Gasteiger partial charge in [0.25, 0.3) is 0 Å². The number of benzene rings is 1. The van der Waals surface area contributed by atoms with E-state index >= 15 is 0 Å². The van der Waals surface area contributed by atoms with Gasteiger partial charge in [-0.25, -0.2) is 4.39 Å². The zero-order valence-corrected chi connectivity index (χ0v) is 9.19. The predicted molar refractivity (Wildman–Crippen MR) is 61.7 cm³/mol. The lowest BCUT2D eigenvalue weighted by Crippen LogP contribution is -2.22. The molecule has 1 heterocycles. The summed E-state index contributed by atoms with van der Waals surface area (Å²) >= 11 is 0. The van der Waals surface area contributed by atoms with Crippen molar-refractivity contribution in [1.82, 2.24) is 0 Å². The molecule has 4 heteroatoms. The van der Waals surface area contributed by atoms with Gasteiger partial charge in [0.2, 0.25) is 0 Å². The van der Waals surface area contributed by atoms with E-state index in [0.717, 1.165) is 30.8 Å². The maximum atomic E-state index is 13.0. The van der Waals surface area contributed by atoms with Crippen LogP contribution in [0.25, 0.3) is 0 Å². The first kappa shape index (κ1) is 11.4. The molecule has 1 unspecified atom stereocenters. The molecule has 0 aliphatic carbocycles. The largest absolute Gasteiger partial charge is 0.396 e. The summed E-state index contributed by atoms with van der Waals surface area (Å²) in [6.45, 7) is 2.29. The number of halogens is 1. The van der Waals surface area contributed by atoms with Crippen LogP contribution >= 0.6 is 0 Å². The molecular weight excluding hydrogens is 207 g/mol. The maximum Gasteiger partial charge on any atom is 0.123 e. The van der Waals surface area contributed by atoms with Crippen LogP contribution in [0.3, 0.4) is 0 Å². The lowest BCUT2D eigenvalue weighted by molar-refractivity contribution is 0.238. The number of hydrogen-bond donors (Lipinski definition) is 2. The van der Waals surface area contributed by atoms with Gasteiger partial charge in [0, 0.05) is 37.8 Å². The fourth-order valence-corrected chi connectivity index (χ4v) is 2.23. The van der Waals surface area contributed by atoms with Gasteiger partial charge in [-0.3, -0.25) is 0 Å². The summed E-state index contributed by atoms with van der Waals surface area (Å²) in [5, 5.41) is 9.09. The first-order valence-electron chi connectivity index (χ1n) is 5.59. The van der Waals surface area contributed by atoms with Crippen LogP contribution in [-0.4, -0.2) is 24.8 Å². The normalized spacial score (nSPS) is 20.4. The highest BCUT2D eigenvalue weighted by Crippen LogP contribution is 2.27. The fourth-order valence-electron chi connectivity index (χ4n) is 2.23. The van der Waals surface area contributed by atoms with E-state index in [-0.39, 0.29) is 12.4 Å². The molecule has 2 rings (SSSR count). The number of nitrogens with zero attached hydrogens (tertiary/aromatic N) is 1. The van der Waals surface area contributed by atoms with Crippen LogP contribution in [-0.2, 0) is 6.54 Å². The molecule has 1 aliphatic heterocycles. The summed E-state index contributed by atoms with van der Waals surface area (Å²) in [6, 6.07) is 4.72. The minimum Gasteiger partial charge on any atom is -0.396 e. The van der Waals surface area contributed by atoms with Gasteiger partial charge in [-0.05, 0) is 30.2 Å². The Hall–Kier alpha value is -1.13. The van der Waals surface area contributed by atoms with Crippen molar-refractivity contribution < 1.29 is 9.50 Å². The van der Waals surface area contributed by atoms with Crippen molar-refractivity contribution in [3.8, 4) is 0 Å². The third kappa shape index (κ3) is 2.18. The van der Waals surface area contributed by atoms with E-state index in [1.165, 1.54) is 12.1 Å². The van der Waals surface area contributed by atoms with E-state index in [2.05, 4.69) is 4.90 Å². The fraction of sp³-hybridized carbons (Fsp3) is 0.500. The van der Waals surface area contributed by atoms with Gasteiger partial charge in [0.05, 0.1) is 0 Å². The monoisotopic (exact) mass is 224 g/mol. The Kier molecular flexibility index (Phi) is 3.41. The molecule has 1 fully saturated rings. The molecule has 1 atom stereocenters. The van der Waals surface area contributed by atoms with Crippen LogP contribution in [0.15, 0.2) is 18.2 Å². The summed E-state index contributed by atoms with van der Waals surface area (Å²) in [4.78, 5) is 2.17. The molecule has 3 nitrogen and oxygen atoms in total. The lowest BCUT2D eigenvalue weighted by atomic mass is 10.1. The summed E-state index contributed by atoms with van der Waals surface area (Å²) in [5.74, 6) is 0.0813. The lowest BCUT2D eigenvalue weighted by Gasteiger charge is -2.21. The second kappa shape index (κ2) is 4.80. The summed E-state index contributed by atoms with van der Waals surface area (Å²) in [6.07, 6.45) is 0.984. The quantitative estimate of drug-likeness (QED) is 0.808. The van der Waals surface area contributed by atoms with Gasteiger partial charge in [-0.1, -0.05) is 0 Å². The summed E-state index contributed by atoms with van der Waals surface area (Å²) in [5.41, 5.74) is 7.44. The van der Waals surface area contributed by atoms with E-state index in [1.807, 2.05) is 0 Å². The number of rotatable bonds is 3. The maximum absolute atomic E-state index is 13.0. The van der Waals surface area contributed by atoms with Crippen LogP contribution in [0.5, 0.6) is 0 Å². The van der Waals surface area contributed by atoms with Crippen molar-refractivity contribution in [2.75, 3.05) is 24.6 Å². The molecule has 1 aromatic rings. The molecule has 0 amide bonds. The molecule has 0 bridgehead atoms. The standard InChI is InChI=1S/C12H17FN2O/c13-11-1-2-12(10(5-11)6-14)15-4-3-9(7-15)8-16/h1-2,5,9,16H,3-4,6-8,14H2. The summed E-state index contributed by atoms with van der Waals surface area (Å²) in [7, 11) is 0. The molecule has 3 N–H and O–H groups in total. The Bertz CT molecular complexity index is 370. The van der Waals surface area contributed by atoms with E-state index in [9.17, 15) is 4.39 Å². The van der Waals surface area contributed by atoms with Gasteiger partial charge in [0.1, 0.15) is 5.82 Å². The van der Waals surface area contributed by atoms with Gasteiger partial charge in [-0.2, -0.15) is 0 Å². The molecule has 0 spiro atoms. The molecule has 0 radical (unpaired) electrons.